The van der Waals surface area contributed by atoms with Crippen LogP contribution in [-0.4, -0.2) is 33.8 Å². The maximum absolute atomic E-state index is 13.1. The number of aryl methyl sites for hydroxylation is 1. The van der Waals surface area contributed by atoms with Gasteiger partial charge in [-0.2, -0.15) is 4.31 Å². The van der Waals surface area contributed by atoms with Gasteiger partial charge in [0.05, 0.1) is 6.33 Å². The highest BCUT2D eigenvalue weighted by molar-refractivity contribution is 7.89. The fourth-order valence-corrected chi connectivity index (χ4v) is 5.22. The highest BCUT2D eigenvalue weighted by Crippen LogP contribution is 2.39. The quantitative estimate of drug-likeness (QED) is 0.652. The minimum absolute atomic E-state index is 0.0563. The van der Waals surface area contributed by atoms with Crippen LogP contribution in [0.15, 0.2) is 52.3 Å². The SMILES string of the molecule is CC(C)c1oc([C@@H]2CCCN2S(=O)(=O)c2cn(C)cn2)nc1-c1ccccc1. The van der Waals surface area contributed by atoms with Crippen molar-refractivity contribution in [3.8, 4) is 11.3 Å². The molecule has 1 saturated heterocycles. The van der Waals surface area contributed by atoms with E-state index in [9.17, 15) is 8.42 Å². The van der Waals surface area contributed by atoms with Crippen molar-refractivity contribution in [3.05, 3.63) is 54.5 Å². The number of rotatable bonds is 5. The Kier molecular flexibility index (Phi) is 4.84. The monoisotopic (exact) mass is 400 g/mol. The van der Waals surface area contributed by atoms with Crippen molar-refractivity contribution in [2.75, 3.05) is 6.54 Å². The summed E-state index contributed by atoms with van der Waals surface area (Å²) in [6.45, 7) is 4.53. The van der Waals surface area contributed by atoms with Gasteiger partial charge in [-0.3, -0.25) is 0 Å². The predicted molar refractivity (Wildman–Crippen MR) is 105 cm³/mol. The number of aromatic nitrogens is 3. The number of hydrogen-bond donors (Lipinski definition) is 0. The van der Waals surface area contributed by atoms with Crippen molar-refractivity contribution in [1.82, 2.24) is 18.8 Å². The topological polar surface area (TPSA) is 81.2 Å². The zero-order valence-corrected chi connectivity index (χ0v) is 17.1. The van der Waals surface area contributed by atoms with Gasteiger partial charge in [0, 0.05) is 31.3 Å². The van der Waals surface area contributed by atoms with Crippen LogP contribution >= 0.6 is 0 Å². The summed E-state index contributed by atoms with van der Waals surface area (Å²) in [5.41, 5.74) is 1.76. The summed E-state index contributed by atoms with van der Waals surface area (Å²) in [6, 6.07) is 9.44. The van der Waals surface area contributed by atoms with Crippen LogP contribution < -0.4 is 0 Å². The Labute approximate surface area is 165 Å². The van der Waals surface area contributed by atoms with Crippen LogP contribution in [-0.2, 0) is 17.1 Å². The number of benzene rings is 1. The fraction of sp³-hybridized carbons (Fsp3) is 0.400. The first-order valence-electron chi connectivity index (χ1n) is 9.43. The minimum atomic E-state index is -3.70. The Bertz CT molecular complexity index is 1070. The Hall–Kier alpha value is -2.45. The van der Waals surface area contributed by atoms with E-state index in [1.807, 2.05) is 44.2 Å². The van der Waals surface area contributed by atoms with E-state index in [1.54, 1.807) is 11.6 Å². The van der Waals surface area contributed by atoms with E-state index in [4.69, 9.17) is 9.40 Å². The third kappa shape index (κ3) is 3.27. The molecule has 1 aromatic carbocycles. The molecule has 28 heavy (non-hydrogen) atoms. The maximum atomic E-state index is 13.1. The van der Waals surface area contributed by atoms with Crippen LogP contribution in [0, 0.1) is 0 Å². The largest absolute Gasteiger partial charge is 0.443 e. The fourth-order valence-electron chi connectivity index (χ4n) is 3.60. The number of oxazole rings is 1. The average molecular weight is 401 g/mol. The predicted octanol–water partition coefficient (Wildman–Crippen LogP) is 3.72. The number of nitrogens with zero attached hydrogens (tertiary/aromatic N) is 4. The first-order valence-corrected chi connectivity index (χ1v) is 10.9. The standard InChI is InChI=1S/C20H24N4O3S/c1-14(2)19-18(15-8-5-4-6-9-15)22-20(27-19)16-10-7-11-24(16)28(25,26)17-12-23(3)13-21-17/h4-6,8-9,12-14,16H,7,10-11H2,1-3H3/t16-/m0/s1. The lowest BCUT2D eigenvalue weighted by molar-refractivity contribution is 0.316. The third-order valence-corrected chi connectivity index (χ3v) is 6.78. The van der Waals surface area contributed by atoms with E-state index in [1.165, 1.54) is 16.8 Å². The molecule has 7 nitrogen and oxygen atoms in total. The molecule has 1 atom stereocenters. The highest BCUT2D eigenvalue weighted by Gasteiger charge is 2.40. The summed E-state index contributed by atoms with van der Waals surface area (Å²) in [5, 5.41) is 0.0563. The molecule has 1 fully saturated rings. The van der Waals surface area contributed by atoms with Crippen molar-refractivity contribution >= 4 is 10.0 Å². The zero-order chi connectivity index (χ0) is 19.9. The second kappa shape index (κ2) is 7.18. The average Bonchev–Trinajstić information content (AvgIpc) is 3.41. The van der Waals surface area contributed by atoms with Crippen LogP contribution in [0.1, 0.15) is 50.3 Å². The molecule has 0 aliphatic carbocycles. The molecule has 0 bridgehead atoms. The van der Waals surface area contributed by atoms with Crippen LogP contribution in [0.2, 0.25) is 0 Å². The first kappa shape index (κ1) is 18.9. The normalized spacial score (nSPS) is 18.2. The lowest BCUT2D eigenvalue weighted by Crippen LogP contribution is -2.31. The van der Waals surface area contributed by atoms with Gasteiger partial charge in [0.1, 0.15) is 17.5 Å². The van der Waals surface area contributed by atoms with E-state index >= 15 is 0 Å². The summed E-state index contributed by atoms with van der Waals surface area (Å²) < 4.78 is 35.5. The van der Waals surface area contributed by atoms with Gasteiger partial charge in [-0.05, 0) is 12.8 Å². The summed E-state index contributed by atoms with van der Waals surface area (Å²) in [4.78, 5) is 8.79. The van der Waals surface area contributed by atoms with Gasteiger partial charge in [-0.25, -0.2) is 18.4 Å². The molecule has 8 heteroatoms. The second-order valence-corrected chi connectivity index (χ2v) is 9.27. The van der Waals surface area contributed by atoms with Crippen LogP contribution in [0.4, 0.5) is 0 Å². The molecule has 3 heterocycles. The third-order valence-electron chi connectivity index (χ3n) is 4.98. The van der Waals surface area contributed by atoms with Crippen molar-refractivity contribution < 1.29 is 12.8 Å². The lowest BCUT2D eigenvalue weighted by Gasteiger charge is -2.20. The van der Waals surface area contributed by atoms with Crippen LogP contribution in [0.3, 0.4) is 0 Å². The number of imidazole rings is 1. The van der Waals surface area contributed by atoms with Gasteiger partial charge in [-0.15, -0.1) is 0 Å². The van der Waals surface area contributed by atoms with Gasteiger partial charge >= 0.3 is 0 Å². The minimum Gasteiger partial charge on any atom is -0.443 e. The molecule has 148 valence electrons. The summed E-state index contributed by atoms with van der Waals surface area (Å²) in [6.07, 6.45) is 4.46. The number of hydrogen-bond acceptors (Lipinski definition) is 5. The molecule has 0 saturated carbocycles. The van der Waals surface area contributed by atoms with Crippen LogP contribution in [0.5, 0.6) is 0 Å². The van der Waals surface area contributed by atoms with Crippen molar-refractivity contribution in [2.45, 2.75) is 43.7 Å². The molecule has 3 aromatic rings. The van der Waals surface area contributed by atoms with Crippen molar-refractivity contribution in [3.63, 3.8) is 0 Å². The van der Waals surface area contributed by atoms with Gasteiger partial charge in [0.15, 0.2) is 5.03 Å². The van der Waals surface area contributed by atoms with E-state index in [0.29, 0.717) is 18.9 Å². The molecule has 4 rings (SSSR count). The summed E-state index contributed by atoms with van der Waals surface area (Å²) >= 11 is 0. The van der Waals surface area contributed by atoms with E-state index in [0.717, 1.165) is 23.4 Å². The van der Waals surface area contributed by atoms with Crippen molar-refractivity contribution in [2.24, 2.45) is 7.05 Å². The molecule has 2 aromatic heterocycles. The Morgan fingerprint density at radius 2 is 1.96 bits per heavy atom. The van der Waals surface area contributed by atoms with Gasteiger partial charge in [0.2, 0.25) is 5.89 Å². The summed E-state index contributed by atoms with van der Waals surface area (Å²) in [7, 11) is -1.95. The molecule has 0 spiro atoms. The van der Waals surface area contributed by atoms with Gasteiger partial charge in [-0.1, -0.05) is 44.2 Å². The summed E-state index contributed by atoms with van der Waals surface area (Å²) in [5.74, 6) is 1.38. The molecular formula is C20H24N4O3S. The molecule has 0 N–H and O–H groups in total. The van der Waals surface area contributed by atoms with E-state index in [-0.39, 0.29) is 10.9 Å². The highest BCUT2D eigenvalue weighted by atomic mass is 32.2. The first-order chi connectivity index (χ1) is 13.4. The molecule has 1 aliphatic heterocycles. The van der Waals surface area contributed by atoms with Gasteiger partial charge < -0.3 is 8.98 Å². The smallest absolute Gasteiger partial charge is 0.262 e. The Balaban J connectivity index is 1.74. The molecular weight excluding hydrogens is 376 g/mol. The zero-order valence-electron chi connectivity index (χ0n) is 16.2. The molecule has 0 radical (unpaired) electrons. The maximum Gasteiger partial charge on any atom is 0.262 e. The van der Waals surface area contributed by atoms with Gasteiger partial charge in [0.25, 0.3) is 10.0 Å². The number of sulfonamides is 1. The van der Waals surface area contributed by atoms with E-state index in [2.05, 4.69) is 4.98 Å². The van der Waals surface area contributed by atoms with Crippen LogP contribution in [0.25, 0.3) is 11.3 Å². The molecule has 0 amide bonds. The second-order valence-electron chi connectivity index (χ2n) is 7.44. The molecule has 0 unspecified atom stereocenters. The Morgan fingerprint density at radius 3 is 2.61 bits per heavy atom. The molecule has 1 aliphatic rings. The van der Waals surface area contributed by atoms with Crippen molar-refractivity contribution in [1.29, 1.82) is 0 Å². The lowest BCUT2D eigenvalue weighted by atomic mass is 10.0. The Morgan fingerprint density at radius 1 is 1.21 bits per heavy atom. The van der Waals surface area contributed by atoms with E-state index < -0.39 is 16.1 Å².